The molecule has 0 aromatic heterocycles. The quantitative estimate of drug-likeness (QED) is 0.591. The topological polar surface area (TPSA) is 113 Å². The van der Waals surface area contributed by atoms with Crippen LogP contribution in [0.2, 0.25) is 5.02 Å². The number of nitrogens with one attached hydrogen (secondary N) is 1. The molecule has 1 amide bonds. The average molecular weight is 323 g/mol. The lowest BCUT2D eigenvalue weighted by molar-refractivity contribution is -0.384. The number of carbonyl (C=O) groups excluding carboxylic acids is 1. The zero-order chi connectivity index (χ0) is 16.3. The van der Waals surface area contributed by atoms with Gasteiger partial charge in [0.1, 0.15) is 5.75 Å². The number of aliphatic hydroxyl groups is 1. The van der Waals surface area contributed by atoms with E-state index in [2.05, 4.69) is 5.32 Å². The summed E-state index contributed by atoms with van der Waals surface area (Å²) in [6, 6.07) is 7.71. The number of rotatable bonds is 4. The zero-order valence-corrected chi connectivity index (χ0v) is 11.9. The van der Waals surface area contributed by atoms with E-state index < -0.39 is 10.8 Å². The molecule has 2 rings (SSSR count). The van der Waals surface area contributed by atoms with Crippen molar-refractivity contribution >= 4 is 28.9 Å². The van der Waals surface area contributed by atoms with E-state index in [9.17, 15) is 20.0 Å². The molecule has 22 heavy (non-hydrogen) atoms. The highest BCUT2D eigenvalue weighted by molar-refractivity contribution is 6.34. The van der Waals surface area contributed by atoms with Crippen molar-refractivity contribution in [3.63, 3.8) is 0 Å². The molecule has 0 saturated heterocycles. The molecule has 0 bridgehead atoms. The molecule has 3 N–H and O–H groups in total. The van der Waals surface area contributed by atoms with Crippen LogP contribution in [-0.4, -0.2) is 21.0 Å². The summed E-state index contributed by atoms with van der Waals surface area (Å²) in [6.45, 7) is -0.279. The zero-order valence-electron chi connectivity index (χ0n) is 11.1. The molecule has 0 atom stereocenters. The first-order valence-corrected chi connectivity index (χ1v) is 6.48. The predicted octanol–water partition coefficient (Wildman–Crippen LogP) is 2.70. The Labute approximate surface area is 129 Å². The van der Waals surface area contributed by atoms with E-state index in [1.165, 1.54) is 30.3 Å². The van der Waals surface area contributed by atoms with Crippen molar-refractivity contribution < 1.29 is 19.9 Å². The van der Waals surface area contributed by atoms with Crippen molar-refractivity contribution in [1.82, 2.24) is 0 Å². The lowest BCUT2D eigenvalue weighted by Crippen LogP contribution is -2.13. The summed E-state index contributed by atoms with van der Waals surface area (Å²) in [5.41, 5.74) is 0.387. The number of aliphatic hydroxyl groups excluding tert-OH is 1. The van der Waals surface area contributed by atoms with E-state index in [0.29, 0.717) is 5.56 Å². The van der Waals surface area contributed by atoms with Gasteiger partial charge in [-0.05, 0) is 23.8 Å². The molecule has 114 valence electrons. The van der Waals surface area contributed by atoms with Crippen LogP contribution in [0.15, 0.2) is 36.4 Å². The second-order valence-electron chi connectivity index (χ2n) is 4.38. The minimum atomic E-state index is -0.649. The number of halogens is 1. The SMILES string of the molecule is O=C(Nc1ccc([N+](=O)[O-])cc1Cl)c1cc(CO)ccc1O. The van der Waals surface area contributed by atoms with Crippen LogP contribution in [0.5, 0.6) is 5.75 Å². The number of benzene rings is 2. The van der Waals surface area contributed by atoms with Gasteiger partial charge >= 0.3 is 0 Å². The first-order chi connectivity index (χ1) is 10.4. The molecule has 0 aliphatic carbocycles. The first-order valence-electron chi connectivity index (χ1n) is 6.10. The highest BCUT2D eigenvalue weighted by atomic mass is 35.5. The molecule has 0 spiro atoms. The largest absolute Gasteiger partial charge is 0.507 e. The molecule has 0 heterocycles. The van der Waals surface area contributed by atoms with E-state index >= 15 is 0 Å². The van der Waals surface area contributed by atoms with E-state index in [0.717, 1.165) is 6.07 Å². The third-order valence-electron chi connectivity index (χ3n) is 2.90. The van der Waals surface area contributed by atoms with Gasteiger partial charge in [0.15, 0.2) is 0 Å². The van der Waals surface area contributed by atoms with Gasteiger partial charge in [0.05, 0.1) is 27.8 Å². The smallest absolute Gasteiger partial charge is 0.271 e. The Balaban J connectivity index is 2.27. The number of nitro groups is 1. The summed E-state index contributed by atoms with van der Waals surface area (Å²) < 4.78 is 0. The van der Waals surface area contributed by atoms with Crippen LogP contribution in [0.4, 0.5) is 11.4 Å². The molecular weight excluding hydrogens is 312 g/mol. The van der Waals surface area contributed by atoms with Crippen molar-refractivity contribution in [1.29, 1.82) is 0 Å². The summed E-state index contributed by atoms with van der Waals surface area (Å²) >= 11 is 5.88. The minimum Gasteiger partial charge on any atom is -0.507 e. The molecule has 0 fully saturated rings. The Kier molecular flexibility index (Phi) is 4.59. The van der Waals surface area contributed by atoms with Crippen LogP contribution in [-0.2, 0) is 6.61 Å². The van der Waals surface area contributed by atoms with Gasteiger partial charge in [-0.1, -0.05) is 17.7 Å². The molecule has 2 aromatic rings. The number of phenolic OH excluding ortho intramolecular Hbond substituents is 1. The summed E-state index contributed by atoms with van der Waals surface area (Å²) in [7, 11) is 0. The van der Waals surface area contributed by atoms with Crippen molar-refractivity contribution in [2.45, 2.75) is 6.61 Å². The van der Waals surface area contributed by atoms with E-state index in [1.807, 2.05) is 0 Å². The Bertz CT molecular complexity index is 748. The molecule has 0 saturated carbocycles. The van der Waals surface area contributed by atoms with Crippen LogP contribution in [0.1, 0.15) is 15.9 Å². The van der Waals surface area contributed by atoms with E-state index in [1.54, 1.807) is 0 Å². The lowest BCUT2D eigenvalue weighted by Gasteiger charge is -2.09. The fourth-order valence-corrected chi connectivity index (χ4v) is 1.99. The standard InChI is InChI=1S/C14H11ClN2O5/c15-11-6-9(17(21)22)2-3-12(11)16-14(20)10-5-8(7-18)1-4-13(10)19/h1-6,18-19H,7H2,(H,16,20). The fraction of sp³-hybridized carbons (Fsp3) is 0.0714. The Morgan fingerprint density at radius 3 is 2.59 bits per heavy atom. The number of aromatic hydroxyl groups is 1. The number of amides is 1. The monoisotopic (exact) mass is 322 g/mol. The number of nitro benzene ring substituents is 1. The number of hydrogen-bond donors (Lipinski definition) is 3. The second-order valence-corrected chi connectivity index (χ2v) is 4.79. The van der Waals surface area contributed by atoms with Gasteiger partial charge in [0.2, 0.25) is 0 Å². The number of nitrogens with zero attached hydrogens (tertiary/aromatic N) is 1. The lowest BCUT2D eigenvalue weighted by atomic mass is 10.1. The van der Waals surface area contributed by atoms with Gasteiger partial charge in [-0.15, -0.1) is 0 Å². The summed E-state index contributed by atoms with van der Waals surface area (Å²) in [4.78, 5) is 22.2. The van der Waals surface area contributed by atoms with Gasteiger partial charge in [-0.25, -0.2) is 0 Å². The first kappa shape index (κ1) is 15.7. The highest BCUT2D eigenvalue weighted by Gasteiger charge is 2.15. The predicted molar refractivity (Wildman–Crippen MR) is 80.1 cm³/mol. The van der Waals surface area contributed by atoms with Crippen molar-refractivity contribution in [3.8, 4) is 5.75 Å². The molecule has 7 nitrogen and oxygen atoms in total. The van der Waals surface area contributed by atoms with Crippen molar-refractivity contribution in [2.24, 2.45) is 0 Å². The summed E-state index contributed by atoms with van der Waals surface area (Å²) in [5.74, 6) is -0.906. The van der Waals surface area contributed by atoms with Crippen LogP contribution < -0.4 is 5.32 Å². The number of anilines is 1. The normalized spacial score (nSPS) is 10.3. The Morgan fingerprint density at radius 1 is 1.27 bits per heavy atom. The van der Waals surface area contributed by atoms with Crippen LogP contribution in [0.25, 0.3) is 0 Å². The van der Waals surface area contributed by atoms with Crippen LogP contribution in [0.3, 0.4) is 0 Å². The maximum Gasteiger partial charge on any atom is 0.271 e. The maximum absolute atomic E-state index is 12.1. The molecule has 0 aliphatic heterocycles. The Morgan fingerprint density at radius 2 is 2.00 bits per heavy atom. The molecule has 2 aromatic carbocycles. The fourth-order valence-electron chi connectivity index (χ4n) is 1.77. The number of phenols is 1. The van der Waals surface area contributed by atoms with E-state index in [4.69, 9.17) is 16.7 Å². The number of non-ortho nitro benzene ring substituents is 1. The third-order valence-corrected chi connectivity index (χ3v) is 3.21. The van der Waals surface area contributed by atoms with Crippen molar-refractivity contribution in [3.05, 3.63) is 62.7 Å². The van der Waals surface area contributed by atoms with E-state index in [-0.39, 0.29) is 34.3 Å². The van der Waals surface area contributed by atoms with Gasteiger partial charge in [-0.3, -0.25) is 14.9 Å². The number of carbonyl (C=O) groups is 1. The average Bonchev–Trinajstić information content (AvgIpc) is 2.49. The van der Waals surface area contributed by atoms with Crippen molar-refractivity contribution in [2.75, 3.05) is 5.32 Å². The summed E-state index contributed by atoms with van der Waals surface area (Å²) in [6.07, 6.45) is 0. The molecule has 0 unspecified atom stereocenters. The van der Waals surface area contributed by atoms with Crippen LogP contribution in [0, 0.1) is 10.1 Å². The third kappa shape index (κ3) is 3.33. The van der Waals surface area contributed by atoms with Crippen LogP contribution >= 0.6 is 11.6 Å². The Hall–Kier alpha value is -2.64. The summed E-state index contributed by atoms with van der Waals surface area (Å²) in [5, 5.41) is 31.8. The van der Waals surface area contributed by atoms with Gasteiger partial charge < -0.3 is 15.5 Å². The highest BCUT2D eigenvalue weighted by Crippen LogP contribution is 2.28. The maximum atomic E-state index is 12.1. The van der Waals surface area contributed by atoms with Gasteiger partial charge in [0, 0.05) is 12.1 Å². The molecule has 0 aliphatic rings. The van der Waals surface area contributed by atoms with Gasteiger partial charge in [0.25, 0.3) is 11.6 Å². The molecule has 0 radical (unpaired) electrons. The number of hydrogen-bond acceptors (Lipinski definition) is 5. The molecule has 8 heteroatoms. The molecular formula is C14H11ClN2O5. The minimum absolute atomic E-state index is 0.000326. The van der Waals surface area contributed by atoms with Gasteiger partial charge in [-0.2, -0.15) is 0 Å². The second kappa shape index (κ2) is 6.42.